The molecule has 0 aliphatic rings. The molecule has 0 spiro atoms. The van der Waals surface area contributed by atoms with Crippen molar-refractivity contribution < 1.29 is 33.2 Å². The van der Waals surface area contributed by atoms with E-state index in [9.17, 15) is 19.2 Å². The second kappa shape index (κ2) is 17.2. The quantitative estimate of drug-likeness (QED) is 0.0599. The van der Waals surface area contributed by atoms with Crippen molar-refractivity contribution in [3.63, 3.8) is 0 Å². The van der Waals surface area contributed by atoms with E-state index in [1.807, 2.05) is 37.3 Å². The van der Waals surface area contributed by atoms with E-state index in [1.54, 1.807) is 57.2 Å². The first-order chi connectivity index (χ1) is 21.6. The van der Waals surface area contributed by atoms with Crippen LogP contribution in [0.15, 0.2) is 71.1 Å². The highest BCUT2D eigenvalue weighted by Gasteiger charge is 2.32. The van der Waals surface area contributed by atoms with Crippen molar-refractivity contribution in [3.8, 4) is 11.3 Å². The number of carbonyl (C=O) groups excluding carboxylic acids is 4. The van der Waals surface area contributed by atoms with E-state index in [4.69, 9.17) is 14.0 Å². The zero-order chi connectivity index (χ0) is 32.8. The number of hydrogen-bond donors (Lipinski definition) is 2. The fourth-order valence-corrected chi connectivity index (χ4v) is 4.83. The third kappa shape index (κ3) is 10.9. The van der Waals surface area contributed by atoms with Crippen LogP contribution in [0.25, 0.3) is 11.3 Å². The molecule has 1 aromatic heterocycles. The Bertz CT molecular complexity index is 1380. The molecule has 2 unspecified atom stereocenters. The summed E-state index contributed by atoms with van der Waals surface area (Å²) in [5.41, 5.74) is 1.40. The van der Waals surface area contributed by atoms with Gasteiger partial charge < -0.3 is 19.8 Å². The fraction of sp³-hybridized carbons (Fsp3) is 0.429. The summed E-state index contributed by atoms with van der Waals surface area (Å²) in [6, 6.07) is 18.9. The smallest absolute Gasteiger partial charge is 0.338 e. The Morgan fingerprint density at radius 2 is 1.64 bits per heavy atom. The second-order valence-corrected chi connectivity index (χ2v) is 11.8. The second-order valence-electron chi connectivity index (χ2n) is 11.8. The number of nitrogens with zero attached hydrogens (tertiary/aromatic N) is 1. The maximum atomic E-state index is 13.4. The molecule has 2 N–H and O–H groups in total. The van der Waals surface area contributed by atoms with E-state index in [0.717, 1.165) is 24.8 Å². The van der Waals surface area contributed by atoms with Crippen LogP contribution in [0.2, 0.25) is 0 Å². The van der Waals surface area contributed by atoms with E-state index in [2.05, 4.69) is 17.6 Å². The molecule has 3 amide bonds. The van der Waals surface area contributed by atoms with Crippen LogP contribution in [0.5, 0.6) is 0 Å². The average Bonchev–Trinajstić information content (AvgIpc) is 3.52. The standard InChI is InChI=1S/C35H45N3O7/c1-6-8-10-15-28(29(7-2)38(24-39)43-22-25-13-11-9-12-14-25)32(40)36-23-37-33(41)31-21-20-30(44-31)26-16-18-27(19-17-26)34(42)45-35(3,4)5/h9,11-14,16-21,24,28-29H,6-8,10,15,22-23H2,1-5H3,(H,36,40)(H,37,41). The van der Waals surface area contributed by atoms with Crippen LogP contribution < -0.4 is 10.6 Å². The van der Waals surface area contributed by atoms with Gasteiger partial charge in [0, 0.05) is 5.56 Å². The lowest BCUT2D eigenvalue weighted by Gasteiger charge is -2.32. The van der Waals surface area contributed by atoms with Crippen molar-refractivity contribution >= 4 is 24.2 Å². The van der Waals surface area contributed by atoms with Gasteiger partial charge in [-0.3, -0.25) is 19.2 Å². The number of nitrogens with one attached hydrogen (secondary N) is 2. The Morgan fingerprint density at radius 1 is 0.933 bits per heavy atom. The highest BCUT2D eigenvalue weighted by Crippen LogP contribution is 2.24. The predicted octanol–water partition coefficient (Wildman–Crippen LogP) is 6.27. The van der Waals surface area contributed by atoms with Gasteiger partial charge in [-0.15, -0.1) is 0 Å². The van der Waals surface area contributed by atoms with Crippen molar-refractivity contribution in [2.24, 2.45) is 5.92 Å². The largest absolute Gasteiger partial charge is 0.456 e. The van der Waals surface area contributed by atoms with E-state index in [-0.39, 0.29) is 24.9 Å². The summed E-state index contributed by atoms with van der Waals surface area (Å²) >= 11 is 0. The molecule has 1 heterocycles. The molecule has 0 radical (unpaired) electrons. The highest BCUT2D eigenvalue weighted by molar-refractivity contribution is 5.93. The molecular formula is C35H45N3O7. The van der Waals surface area contributed by atoms with Crippen LogP contribution in [-0.2, 0) is 25.8 Å². The van der Waals surface area contributed by atoms with Crippen LogP contribution in [0.3, 0.4) is 0 Å². The SMILES string of the molecule is CCCCCC(C(=O)NCNC(=O)c1ccc(-c2ccc(C(=O)OC(C)(C)C)cc2)o1)C(CC)N(C=O)OCc1ccccc1. The zero-order valence-corrected chi connectivity index (χ0v) is 26.8. The van der Waals surface area contributed by atoms with Gasteiger partial charge in [-0.1, -0.05) is 75.6 Å². The van der Waals surface area contributed by atoms with Crippen LogP contribution in [0, 0.1) is 5.92 Å². The first-order valence-corrected chi connectivity index (χ1v) is 15.5. The normalized spacial score (nSPS) is 12.6. The molecule has 10 heteroatoms. The first-order valence-electron chi connectivity index (χ1n) is 15.5. The summed E-state index contributed by atoms with van der Waals surface area (Å²) in [6.45, 7) is 9.49. The summed E-state index contributed by atoms with van der Waals surface area (Å²) in [5.74, 6) is -1.21. The van der Waals surface area contributed by atoms with Gasteiger partial charge in [0.25, 0.3) is 5.91 Å². The minimum atomic E-state index is -0.598. The Morgan fingerprint density at radius 3 is 2.27 bits per heavy atom. The lowest BCUT2D eigenvalue weighted by atomic mass is 9.90. The third-order valence-corrected chi connectivity index (χ3v) is 7.14. The number of ether oxygens (including phenoxy) is 1. The van der Waals surface area contributed by atoms with Crippen molar-refractivity contribution in [1.82, 2.24) is 15.7 Å². The lowest BCUT2D eigenvalue weighted by molar-refractivity contribution is -0.200. The number of carbonyl (C=O) groups is 4. The van der Waals surface area contributed by atoms with E-state index in [1.165, 1.54) is 5.06 Å². The van der Waals surface area contributed by atoms with Gasteiger partial charge in [-0.2, -0.15) is 0 Å². The van der Waals surface area contributed by atoms with Gasteiger partial charge in [0.15, 0.2) is 5.76 Å². The summed E-state index contributed by atoms with van der Waals surface area (Å²) in [7, 11) is 0. The van der Waals surface area contributed by atoms with Crippen LogP contribution in [0.1, 0.15) is 93.2 Å². The Balaban J connectivity index is 1.59. The maximum absolute atomic E-state index is 13.4. The summed E-state index contributed by atoms with van der Waals surface area (Å²) in [5, 5.41) is 6.71. The molecule has 2 atom stereocenters. The van der Waals surface area contributed by atoms with Gasteiger partial charge in [0.1, 0.15) is 18.0 Å². The van der Waals surface area contributed by atoms with E-state index < -0.39 is 29.4 Å². The summed E-state index contributed by atoms with van der Waals surface area (Å²) < 4.78 is 11.1. The van der Waals surface area contributed by atoms with Crippen LogP contribution >= 0.6 is 0 Å². The molecule has 0 bridgehead atoms. The van der Waals surface area contributed by atoms with Gasteiger partial charge in [-0.05, 0) is 63.4 Å². The molecule has 0 saturated carbocycles. The average molecular weight is 620 g/mol. The monoisotopic (exact) mass is 619 g/mol. The maximum Gasteiger partial charge on any atom is 0.338 e. The number of benzene rings is 2. The number of furan rings is 1. The number of hydrogen-bond acceptors (Lipinski definition) is 7. The van der Waals surface area contributed by atoms with Crippen molar-refractivity contribution in [2.45, 2.75) is 85.0 Å². The third-order valence-electron chi connectivity index (χ3n) is 7.14. The Hall–Kier alpha value is -4.44. The minimum absolute atomic E-state index is 0.0721. The fourth-order valence-electron chi connectivity index (χ4n) is 4.83. The topological polar surface area (TPSA) is 127 Å². The number of amides is 3. The van der Waals surface area contributed by atoms with Gasteiger partial charge in [0.2, 0.25) is 12.3 Å². The van der Waals surface area contributed by atoms with Crippen LogP contribution in [-0.4, -0.2) is 47.6 Å². The van der Waals surface area contributed by atoms with Gasteiger partial charge in [-0.25, -0.2) is 9.86 Å². The van der Waals surface area contributed by atoms with E-state index >= 15 is 0 Å². The van der Waals surface area contributed by atoms with Crippen LogP contribution in [0.4, 0.5) is 0 Å². The van der Waals surface area contributed by atoms with Crippen molar-refractivity contribution in [1.29, 1.82) is 0 Å². The lowest BCUT2D eigenvalue weighted by Crippen LogP contribution is -2.48. The summed E-state index contributed by atoms with van der Waals surface area (Å²) in [6.07, 6.45) is 4.46. The minimum Gasteiger partial charge on any atom is -0.456 e. The molecule has 10 nitrogen and oxygen atoms in total. The number of rotatable bonds is 17. The zero-order valence-electron chi connectivity index (χ0n) is 26.8. The molecule has 242 valence electrons. The number of unbranched alkanes of at least 4 members (excludes halogenated alkanes) is 2. The Kier molecular flexibility index (Phi) is 13.4. The first kappa shape index (κ1) is 35.0. The molecule has 0 aliphatic carbocycles. The molecule has 0 fully saturated rings. The molecule has 0 saturated heterocycles. The molecule has 0 aliphatic heterocycles. The molecular weight excluding hydrogens is 574 g/mol. The highest BCUT2D eigenvalue weighted by atomic mass is 16.7. The van der Waals surface area contributed by atoms with Gasteiger partial charge >= 0.3 is 5.97 Å². The molecule has 3 rings (SSSR count). The molecule has 3 aromatic rings. The van der Waals surface area contributed by atoms with Gasteiger partial charge in [0.05, 0.1) is 24.2 Å². The van der Waals surface area contributed by atoms with Crippen molar-refractivity contribution in [3.05, 3.63) is 83.6 Å². The summed E-state index contributed by atoms with van der Waals surface area (Å²) in [4.78, 5) is 56.3. The number of hydroxylamine groups is 2. The van der Waals surface area contributed by atoms with E-state index in [0.29, 0.717) is 36.1 Å². The van der Waals surface area contributed by atoms with Crippen molar-refractivity contribution in [2.75, 3.05) is 6.67 Å². The number of esters is 1. The predicted molar refractivity (Wildman–Crippen MR) is 171 cm³/mol. The molecule has 2 aromatic carbocycles. The Labute approximate surface area is 265 Å². The molecule has 45 heavy (non-hydrogen) atoms.